The third-order valence-electron chi connectivity index (χ3n) is 3.66. The van der Waals surface area contributed by atoms with Crippen molar-refractivity contribution >= 4 is 17.8 Å². The molecule has 1 N–H and O–H groups in total. The number of oxime groups is 1. The van der Waals surface area contributed by atoms with Gasteiger partial charge in [-0.2, -0.15) is 0 Å². The third kappa shape index (κ3) is 4.73. The largest absolute Gasteiger partial charge is 0.478 e. The van der Waals surface area contributed by atoms with Gasteiger partial charge in [0.2, 0.25) is 0 Å². The molecule has 1 aromatic carbocycles. The van der Waals surface area contributed by atoms with Crippen LogP contribution in [-0.4, -0.2) is 27.3 Å². The summed E-state index contributed by atoms with van der Waals surface area (Å²) in [7, 11) is 0. The van der Waals surface area contributed by atoms with E-state index in [4.69, 9.17) is 4.84 Å². The summed E-state index contributed by atoms with van der Waals surface area (Å²) in [4.78, 5) is 25.4. The van der Waals surface area contributed by atoms with Gasteiger partial charge in [-0.1, -0.05) is 35.0 Å². The van der Waals surface area contributed by atoms with Gasteiger partial charge in [0.05, 0.1) is 35.1 Å². The average molecular weight is 339 g/mol. The maximum atomic E-state index is 11.5. The van der Waals surface area contributed by atoms with Crippen molar-refractivity contribution in [3.63, 3.8) is 0 Å². The minimum absolute atomic E-state index is 0.196. The van der Waals surface area contributed by atoms with Crippen LogP contribution in [-0.2, 0) is 16.2 Å². The zero-order chi connectivity index (χ0) is 18.4. The van der Waals surface area contributed by atoms with Gasteiger partial charge in [-0.3, -0.25) is 9.97 Å². The van der Waals surface area contributed by atoms with Crippen LogP contribution in [0, 0.1) is 13.8 Å². The number of nitrogens with zero attached hydrogens (tertiary/aromatic N) is 3. The Hall–Kier alpha value is -3.02. The number of carbonyl (C=O) groups is 1. The van der Waals surface area contributed by atoms with Gasteiger partial charge < -0.3 is 9.94 Å². The molecule has 0 aliphatic heterocycles. The molecular formula is C19H21N3O3. The van der Waals surface area contributed by atoms with Crippen molar-refractivity contribution in [3.05, 3.63) is 64.2 Å². The number of hydrogen-bond acceptors (Lipinski definition) is 5. The van der Waals surface area contributed by atoms with Gasteiger partial charge in [0.25, 0.3) is 0 Å². The standard InChI is InChI=1S/C19H21N3O3/c1-12(2)18(19(23)24)17-8-6-5-7-15(17)9-21-25-11-16-10-20-13(3)14(4)22-16/h5-10H,11H2,1-4H3,(H,23,24)/b21-9+. The molecule has 0 fully saturated rings. The number of allylic oxidation sites excluding steroid dienone is 1. The van der Waals surface area contributed by atoms with E-state index < -0.39 is 5.97 Å². The maximum absolute atomic E-state index is 11.5. The van der Waals surface area contributed by atoms with Crippen LogP contribution in [0.3, 0.4) is 0 Å². The molecule has 130 valence electrons. The Morgan fingerprint density at radius 3 is 2.60 bits per heavy atom. The van der Waals surface area contributed by atoms with Crippen molar-refractivity contribution in [2.24, 2.45) is 5.16 Å². The lowest BCUT2D eigenvalue weighted by molar-refractivity contribution is -0.130. The predicted octanol–water partition coefficient (Wildman–Crippen LogP) is 3.52. The van der Waals surface area contributed by atoms with Crippen molar-refractivity contribution in [2.75, 3.05) is 0 Å². The highest BCUT2D eigenvalue weighted by Crippen LogP contribution is 2.22. The quantitative estimate of drug-likeness (QED) is 0.494. The van der Waals surface area contributed by atoms with E-state index in [0.29, 0.717) is 16.8 Å². The lowest BCUT2D eigenvalue weighted by Crippen LogP contribution is -2.04. The van der Waals surface area contributed by atoms with Gasteiger partial charge in [-0.25, -0.2) is 4.79 Å². The molecule has 1 heterocycles. The molecule has 1 aromatic heterocycles. The Labute approximate surface area is 146 Å². The van der Waals surface area contributed by atoms with E-state index in [-0.39, 0.29) is 12.2 Å². The van der Waals surface area contributed by atoms with Crippen LogP contribution >= 0.6 is 0 Å². The van der Waals surface area contributed by atoms with Crippen molar-refractivity contribution in [1.29, 1.82) is 0 Å². The molecule has 0 aliphatic carbocycles. The van der Waals surface area contributed by atoms with E-state index >= 15 is 0 Å². The fourth-order valence-corrected chi connectivity index (χ4v) is 2.29. The second kappa shape index (κ2) is 8.19. The van der Waals surface area contributed by atoms with Crippen LogP contribution in [0.1, 0.15) is 42.1 Å². The Morgan fingerprint density at radius 1 is 1.24 bits per heavy atom. The second-order valence-electron chi connectivity index (χ2n) is 5.81. The molecule has 0 amide bonds. The van der Waals surface area contributed by atoms with E-state index in [2.05, 4.69) is 15.1 Å². The zero-order valence-electron chi connectivity index (χ0n) is 14.8. The van der Waals surface area contributed by atoms with Crippen molar-refractivity contribution in [2.45, 2.75) is 34.3 Å². The number of aryl methyl sites for hydroxylation is 2. The molecule has 0 spiro atoms. The minimum Gasteiger partial charge on any atom is -0.478 e. The number of aliphatic carboxylic acids is 1. The SMILES string of the molecule is CC(C)=C(C(=O)O)c1ccccc1/C=N/OCc1cnc(C)c(C)n1. The zero-order valence-corrected chi connectivity index (χ0v) is 14.8. The molecule has 0 radical (unpaired) electrons. The molecule has 0 bridgehead atoms. The first-order valence-corrected chi connectivity index (χ1v) is 7.84. The van der Waals surface area contributed by atoms with Crippen LogP contribution in [0.4, 0.5) is 0 Å². The monoisotopic (exact) mass is 339 g/mol. The van der Waals surface area contributed by atoms with Crippen LogP contribution in [0.5, 0.6) is 0 Å². The first-order chi connectivity index (χ1) is 11.9. The highest BCUT2D eigenvalue weighted by Gasteiger charge is 2.14. The van der Waals surface area contributed by atoms with E-state index in [1.165, 1.54) is 6.21 Å². The summed E-state index contributed by atoms with van der Waals surface area (Å²) in [6.07, 6.45) is 3.16. The number of hydrogen-bond donors (Lipinski definition) is 1. The summed E-state index contributed by atoms with van der Waals surface area (Å²) in [5.74, 6) is -0.966. The summed E-state index contributed by atoms with van der Waals surface area (Å²) in [5, 5.41) is 13.4. The minimum atomic E-state index is -0.966. The lowest BCUT2D eigenvalue weighted by Gasteiger charge is -2.08. The summed E-state index contributed by atoms with van der Waals surface area (Å²) in [5.41, 5.74) is 4.68. The van der Waals surface area contributed by atoms with E-state index in [1.807, 2.05) is 19.9 Å². The van der Waals surface area contributed by atoms with Crippen LogP contribution < -0.4 is 0 Å². The first-order valence-electron chi connectivity index (χ1n) is 7.84. The van der Waals surface area contributed by atoms with Crippen LogP contribution in [0.15, 0.2) is 41.2 Å². The molecular weight excluding hydrogens is 318 g/mol. The third-order valence-corrected chi connectivity index (χ3v) is 3.66. The van der Waals surface area contributed by atoms with Crippen LogP contribution in [0.2, 0.25) is 0 Å². The Kier molecular flexibility index (Phi) is 6.00. The van der Waals surface area contributed by atoms with E-state index in [9.17, 15) is 9.90 Å². The molecule has 0 saturated carbocycles. The molecule has 6 nitrogen and oxygen atoms in total. The maximum Gasteiger partial charge on any atom is 0.336 e. The number of carboxylic acid groups (broad SMARTS) is 1. The van der Waals surface area contributed by atoms with Gasteiger partial charge in [0, 0.05) is 5.56 Å². The van der Waals surface area contributed by atoms with Gasteiger partial charge >= 0.3 is 5.97 Å². The predicted molar refractivity (Wildman–Crippen MR) is 96.2 cm³/mol. The van der Waals surface area contributed by atoms with Crippen LogP contribution in [0.25, 0.3) is 5.57 Å². The molecule has 2 aromatic rings. The molecule has 0 saturated heterocycles. The smallest absolute Gasteiger partial charge is 0.336 e. The lowest BCUT2D eigenvalue weighted by atomic mass is 9.97. The molecule has 6 heteroatoms. The molecule has 0 aliphatic rings. The normalized spacial score (nSPS) is 10.7. The second-order valence-corrected chi connectivity index (χ2v) is 5.81. The molecule has 25 heavy (non-hydrogen) atoms. The molecule has 2 rings (SSSR count). The summed E-state index contributed by atoms with van der Waals surface area (Å²) < 4.78 is 0. The fraction of sp³-hybridized carbons (Fsp3) is 0.263. The van der Waals surface area contributed by atoms with Gasteiger partial charge in [-0.05, 0) is 33.3 Å². The highest BCUT2D eigenvalue weighted by molar-refractivity contribution is 6.18. The van der Waals surface area contributed by atoms with Crippen molar-refractivity contribution in [1.82, 2.24) is 9.97 Å². The Bertz CT molecular complexity index is 838. The fourth-order valence-electron chi connectivity index (χ4n) is 2.29. The van der Waals surface area contributed by atoms with E-state index in [0.717, 1.165) is 17.0 Å². The Morgan fingerprint density at radius 2 is 1.96 bits per heavy atom. The van der Waals surface area contributed by atoms with E-state index in [1.54, 1.807) is 38.2 Å². The van der Waals surface area contributed by atoms with Crippen molar-refractivity contribution < 1.29 is 14.7 Å². The summed E-state index contributed by atoms with van der Waals surface area (Å²) in [6.45, 7) is 7.52. The number of carboxylic acids is 1. The summed E-state index contributed by atoms with van der Waals surface area (Å²) in [6, 6.07) is 7.17. The average Bonchev–Trinajstić information content (AvgIpc) is 2.55. The first kappa shape index (κ1) is 18.3. The number of aromatic nitrogens is 2. The van der Waals surface area contributed by atoms with Gasteiger partial charge in [0.15, 0.2) is 6.61 Å². The highest BCUT2D eigenvalue weighted by atomic mass is 16.6. The topological polar surface area (TPSA) is 84.7 Å². The summed E-state index contributed by atoms with van der Waals surface area (Å²) >= 11 is 0. The number of benzene rings is 1. The van der Waals surface area contributed by atoms with Crippen molar-refractivity contribution in [3.8, 4) is 0 Å². The molecule has 0 unspecified atom stereocenters. The molecule has 0 atom stereocenters. The van der Waals surface area contributed by atoms with Gasteiger partial charge in [-0.15, -0.1) is 0 Å². The van der Waals surface area contributed by atoms with Gasteiger partial charge in [0.1, 0.15) is 0 Å². The number of rotatable bonds is 6. The Balaban J connectivity index is 2.15.